The second-order valence-corrected chi connectivity index (χ2v) is 5.28. The number of esters is 1. The molecule has 0 heterocycles. The van der Waals surface area contributed by atoms with Gasteiger partial charge in [-0.1, -0.05) is 34.1 Å². The quantitative estimate of drug-likeness (QED) is 0.658. The summed E-state index contributed by atoms with van der Waals surface area (Å²) in [6, 6.07) is 12.7. The third kappa shape index (κ3) is 3.98. The molecule has 2 aromatic rings. The molecule has 2 rings (SSSR count). The van der Waals surface area contributed by atoms with Gasteiger partial charge in [-0.2, -0.15) is 0 Å². The highest BCUT2D eigenvalue weighted by Gasteiger charge is 2.17. The molecule has 4 nitrogen and oxygen atoms in total. The van der Waals surface area contributed by atoms with E-state index in [9.17, 15) is 4.79 Å². The number of carbonyl (C=O) groups is 1. The number of carbonyl (C=O) groups excluding carboxylic acids is 1. The third-order valence-electron chi connectivity index (χ3n) is 2.82. The normalized spacial score (nSPS) is 10.2. The number of anilines is 1. The lowest BCUT2D eigenvalue weighted by Crippen LogP contribution is -2.11. The van der Waals surface area contributed by atoms with Crippen molar-refractivity contribution in [2.75, 3.05) is 12.3 Å². The predicted octanol–water partition coefficient (Wildman–Crippen LogP) is 3.79. The van der Waals surface area contributed by atoms with Gasteiger partial charge in [0, 0.05) is 10.2 Å². The van der Waals surface area contributed by atoms with E-state index in [0.29, 0.717) is 18.0 Å². The molecular weight excluding hydrogens is 334 g/mol. The van der Waals surface area contributed by atoms with Gasteiger partial charge in [0.15, 0.2) is 0 Å². The van der Waals surface area contributed by atoms with Crippen LogP contribution in [0.5, 0.6) is 5.75 Å². The average Bonchev–Trinajstić information content (AvgIpc) is 2.45. The van der Waals surface area contributed by atoms with Crippen LogP contribution in [0.4, 0.5) is 5.69 Å². The van der Waals surface area contributed by atoms with Gasteiger partial charge in [-0.05, 0) is 36.8 Å². The van der Waals surface area contributed by atoms with Gasteiger partial charge in [-0.15, -0.1) is 0 Å². The Morgan fingerprint density at radius 2 is 2.00 bits per heavy atom. The number of hydrogen-bond donors (Lipinski definition) is 1. The number of ether oxygens (including phenoxy) is 2. The van der Waals surface area contributed by atoms with Crippen molar-refractivity contribution >= 4 is 27.6 Å². The van der Waals surface area contributed by atoms with Crippen LogP contribution in [0.2, 0.25) is 0 Å². The first-order valence-electron chi connectivity index (χ1n) is 6.54. The van der Waals surface area contributed by atoms with Crippen LogP contribution in [-0.2, 0) is 11.3 Å². The van der Waals surface area contributed by atoms with Crippen LogP contribution in [0.3, 0.4) is 0 Å². The molecule has 21 heavy (non-hydrogen) atoms. The molecule has 0 bridgehead atoms. The first kappa shape index (κ1) is 15.4. The van der Waals surface area contributed by atoms with Gasteiger partial charge in [-0.3, -0.25) is 0 Å². The molecular formula is C16H16BrNO3. The predicted molar refractivity (Wildman–Crippen MR) is 85.3 cm³/mol. The molecule has 110 valence electrons. The highest BCUT2D eigenvalue weighted by Crippen LogP contribution is 2.26. The summed E-state index contributed by atoms with van der Waals surface area (Å²) in [5, 5.41) is 0. The number of rotatable bonds is 5. The molecule has 0 aliphatic rings. The lowest BCUT2D eigenvalue weighted by molar-refractivity contribution is 0.0469. The Balaban J connectivity index is 2.13. The molecule has 0 fully saturated rings. The number of nitrogen functional groups attached to an aromatic ring is 1. The third-order valence-corrected chi connectivity index (χ3v) is 3.31. The van der Waals surface area contributed by atoms with Gasteiger partial charge in [0.25, 0.3) is 0 Å². The van der Waals surface area contributed by atoms with E-state index in [0.717, 1.165) is 10.0 Å². The zero-order valence-electron chi connectivity index (χ0n) is 11.6. The van der Waals surface area contributed by atoms with Gasteiger partial charge in [0.05, 0.1) is 6.61 Å². The molecule has 0 saturated carbocycles. The molecule has 5 heteroatoms. The molecule has 0 radical (unpaired) electrons. The first-order valence-corrected chi connectivity index (χ1v) is 7.34. The number of halogens is 1. The van der Waals surface area contributed by atoms with Gasteiger partial charge in [0.2, 0.25) is 0 Å². The van der Waals surface area contributed by atoms with Crippen LogP contribution in [0.25, 0.3) is 0 Å². The van der Waals surface area contributed by atoms with Gasteiger partial charge in [0.1, 0.15) is 17.9 Å². The zero-order valence-corrected chi connectivity index (χ0v) is 13.2. The first-order chi connectivity index (χ1) is 10.1. The van der Waals surface area contributed by atoms with E-state index >= 15 is 0 Å². The van der Waals surface area contributed by atoms with E-state index in [1.54, 1.807) is 18.2 Å². The van der Waals surface area contributed by atoms with Crippen molar-refractivity contribution in [2.24, 2.45) is 0 Å². The zero-order chi connectivity index (χ0) is 15.2. The van der Waals surface area contributed by atoms with Crippen LogP contribution in [-0.4, -0.2) is 12.6 Å². The monoisotopic (exact) mass is 349 g/mol. The molecule has 0 unspecified atom stereocenters. The van der Waals surface area contributed by atoms with E-state index in [2.05, 4.69) is 15.9 Å². The summed E-state index contributed by atoms with van der Waals surface area (Å²) >= 11 is 3.38. The molecule has 0 atom stereocenters. The summed E-state index contributed by atoms with van der Waals surface area (Å²) in [5.41, 5.74) is 7.37. The Bertz CT molecular complexity index is 643. The Kier molecular flexibility index (Phi) is 5.22. The highest BCUT2D eigenvalue weighted by molar-refractivity contribution is 9.10. The second kappa shape index (κ2) is 7.13. The number of hydrogen-bond acceptors (Lipinski definition) is 4. The molecule has 2 aromatic carbocycles. The summed E-state index contributed by atoms with van der Waals surface area (Å²) in [6.45, 7) is 2.48. The Morgan fingerprint density at radius 3 is 2.71 bits per heavy atom. The molecule has 0 aliphatic carbocycles. The summed E-state index contributed by atoms with van der Waals surface area (Å²) in [6.07, 6.45) is 0. The SMILES string of the molecule is CCOc1cccc(N)c1C(=O)OCc1cccc(Br)c1. The Morgan fingerprint density at radius 1 is 1.24 bits per heavy atom. The van der Waals surface area contributed by atoms with E-state index in [1.165, 1.54) is 0 Å². The summed E-state index contributed by atoms with van der Waals surface area (Å²) in [4.78, 5) is 12.2. The average molecular weight is 350 g/mol. The summed E-state index contributed by atoms with van der Waals surface area (Å²) < 4.78 is 11.7. The Labute approximate surface area is 132 Å². The minimum atomic E-state index is -0.489. The molecule has 0 saturated heterocycles. The standard InChI is InChI=1S/C16H16BrNO3/c1-2-20-14-8-4-7-13(18)15(14)16(19)21-10-11-5-3-6-12(17)9-11/h3-9H,2,10,18H2,1H3. The van der Waals surface area contributed by atoms with Crippen molar-refractivity contribution in [1.29, 1.82) is 0 Å². The minimum absolute atomic E-state index is 0.179. The highest BCUT2D eigenvalue weighted by atomic mass is 79.9. The van der Waals surface area contributed by atoms with Crippen molar-refractivity contribution in [1.82, 2.24) is 0 Å². The van der Waals surface area contributed by atoms with Crippen LogP contribution in [0.1, 0.15) is 22.8 Å². The number of nitrogens with two attached hydrogens (primary N) is 1. The smallest absolute Gasteiger partial charge is 0.344 e. The van der Waals surface area contributed by atoms with Crippen LogP contribution in [0, 0.1) is 0 Å². The fourth-order valence-corrected chi connectivity index (χ4v) is 2.34. The summed E-state index contributed by atoms with van der Waals surface area (Å²) in [7, 11) is 0. The molecule has 2 N–H and O–H groups in total. The minimum Gasteiger partial charge on any atom is -0.493 e. The second-order valence-electron chi connectivity index (χ2n) is 4.36. The van der Waals surface area contributed by atoms with Gasteiger partial charge >= 0.3 is 5.97 Å². The maximum Gasteiger partial charge on any atom is 0.344 e. The van der Waals surface area contributed by atoms with Gasteiger partial charge < -0.3 is 15.2 Å². The lowest BCUT2D eigenvalue weighted by Gasteiger charge is -2.12. The summed E-state index contributed by atoms with van der Waals surface area (Å²) in [5.74, 6) is -0.0479. The maximum absolute atomic E-state index is 12.2. The van der Waals surface area contributed by atoms with Crippen molar-refractivity contribution in [3.63, 3.8) is 0 Å². The fraction of sp³-hybridized carbons (Fsp3) is 0.188. The topological polar surface area (TPSA) is 61.5 Å². The van der Waals surface area contributed by atoms with E-state index in [1.807, 2.05) is 31.2 Å². The van der Waals surface area contributed by atoms with Crippen LogP contribution in [0.15, 0.2) is 46.9 Å². The maximum atomic E-state index is 12.2. The van der Waals surface area contributed by atoms with Crippen LogP contribution < -0.4 is 10.5 Å². The molecule has 0 amide bonds. The van der Waals surface area contributed by atoms with Crippen molar-refractivity contribution < 1.29 is 14.3 Å². The molecule has 0 aliphatic heterocycles. The van der Waals surface area contributed by atoms with Gasteiger partial charge in [-0.25, -0.2) is 4.79 Å². The van der Waals surface area contributed by atoms with Crippen molar-refractivity contribution in [3.05, 3.63) is 58.1 Å². The molecule has 0 spiro atoms. The lowest BCUT2D eigenvalue weighted by atomic mass is 10.1. The largest absolute Gasteiger partial charge is 0.493 e. The van der Waals surface area contributed by atoms with Crippen LogP contribution >= 0.6 is 15.9 Å². The molecule has 0 aromatic heterocycles. The van der Waals surface area contributed by atoms with Crippen molar-refractivity contribution in [2.45, 2.75) is 13.5 Å². The van der Waals surface area contributed by atoms with E-state index in [-0.39, 0.29) is 12.2 Å². The fourth-order valence-electron chi connectivity index (χ4n) is 1.89. The van der Waals surface area contributed by atoms with Crippen molar-refractivity contribution in [3.8, 4) is 5.75 Å². The van der Waals surface area contributed by atoms with E-state index < -0.39 is 5.97 Å². The van der Waals surface area contributed by atoms with E-state index in [4.69, 9.17) is 15.2 Å². The number of benzene rings is 2. The Hall–Kier alpha value is -2.01.